The highest BCUT2D eigenvalue weighted by atomic mass is 35.5. The first kappa shape index (κ1) is 14.5. The van der Waals surface area contributed by atoms with Crippen molar-refractivity contribution in [3.05, 3.63) is 47.0 Å². The van der Waals surface area contributed by atoms with E-state index in [0.29, 0.717) is 11.1 Å². The highest BCUT2D eigenvalue weighted by Crippen LogP contribution is 2.36. The van der Waals surface area contributed by atoms with E-state index in [1.807, 2.05) is 0 Å². The topological polar surface area (TPSA) is 58.3 Å². The van der Waals surface area contributed by atoms with Gasteiger partial charge in [-0.3, -0.25) is 0 Å². The molecule has 0 spiro atoms. The van der Waals surface area contributed by atoms with Crippen LogP contribution in [0.5, 0.6) is 5.75 Å². The Morgan fingerprint density at radius 1 is 1.14 bits per heavy atom. The molecule has 0 aliphatic rings. The maximum atomic E-state index is 12.8. The summed E-state index contributed by atoms with van der Waals surface area (Å²) in [5, 5.41) is 11.6. The third-order valence-corrected chi connectivity index (χ3v) is 3.22. The summed E-state index contributed by atoms with van der Waals surface area (Å²) in [4.78, 5) is 4.03. The van der Waals surface area contributed by atoms with Gasteiger partial charge in [-0.2, -0.15) is 18.2 Å². The standard InChI is InChI=1S/C14H8ClF3N2O2/c15-10-3-1-7(5-9(10)14(16,17)18)19-13-20-11-6-8(21)2-4-12(11)22-13/h1-6,21H,(H,19,20). The molecule has 0 atom stereocenters. The van der Waals surface area contributed by atoms with Gasteiger partial charge in [0.1, 0.15) is 11.3 Å². The van der Waals surface area contributed by atoms with Crippen LogP contribution in [-0.4, -0.2) is 10.1 Å². The lowest BCUT2D eigenvalue weighted by molar-refractivity contribution is -0.137. The van der Waals surface area contributed by atoms with Crippen molar-refractivity contribution in [2.24, 2.45) is 0 Å². The summed E-state index contributed by atoms with van der Waals surface area (Å²) in [6.45, 7) is 0. The van der Waals surface area contributed by atoms with Gasteiger partial charge in [0.05, 0.1) is 10.6 Å². The molecule has 0 saturated heterocycles. The Labute approximate surface area is 127 Å². The van der Waals surface area contributed by atoms with Gasteiger partial charge >= 0.3 is 6.18 Å². The van der Waals surface area contributed by atoms with Crippen LogP contribution in [-0.2, 0) is 6.18 Å². The lowest BCUT2D eigenvalue weighted by atomic mass is 10.2. The van der Waals surface area contributed by atoms with Crippen LogP contribution in [0.4, 0.5) is 24.9 Å². The van der Waals surface area contributed by atoms with Gasteiger partial charge < -0.3 is 14.8 Å². The first-order valence-electron chi connectivity index (χ1n) is 6.06. The molecule has 1 heterocycles. The minimum atomic E-state index is -4.55. The summed E-state index contributed by atoms with van der Waals surface area (Å²) in [6.07, 6.45) is -4.55. The first-order chi connectivity index (χ1) is 10.3. The first-order valence-corrected chi connectivity index (χ1v) is 6.44. The van der Waals surface area contributed by atoms with Gasteiger partial charge in [-0.1, -0.05) is 11.6 Å². The van der Waals surface area contributed by atoms with E-state index in [1.54, 1.807) is 0 Å². The van der Waals surface area contributed by atoms with Crippen molar-refractivity contribution in [1.82, 2.24) is 4.98 Å². The summed E-state index contributed by atoms with van der Waals surface area (Å²) in [5.41, 5.74) is -0.0433. The number of benzene rings is 2. The summed E-state index contributed by atoms with van der Waals surface area (Å²) in [6, 6.07) is 7.70. The number of phenols is 1. The number of aromatic nitrogens is 1. The number of anilines is 2. The molecule has 114 valence electrons. The molecule has 4 nitrogen and oxygen atoms in total. The maximum absolute atomic E-state index is 12.8. The molecule has 22 heavy (non-hydrogen) atoms. The van der Waals surface area contributed by atoms with Gasteiger partial charge in [-0.25, -0.2) is 0 Å². The van der Waals surface area contributed by atoms with E-state index in [2.05, 4.69) is 10.3 Å². The van der Waals surface area contributed by atoms with Crippen molar-refractivity contribution in [3.8, 4) is 5.75 Å². The zero-order valence-corrected chi connectivity index (χ0v) is 11.5. The van der Waals surface area contributed by atoms with Gasteiger partial charge in [-0.15, -0.1) is 0 Å². The number of fused-ring (bicyclic) bond motifs is 1. The van der Waals surface area contributed by atoms with E-state index < -0.39 is 11.7 Å². The monoisotopic (exact) mass is 328 g/mol. The third-order valence-electron chi connectivity index (χ3n) is 2.89. The molecule has 3 rings (SSSR count). The number of alkyl halides is 3. The largest absolute Gasteiger partial charge is 0.508 e. The molecule has 0 aliphatic carbocycles. The zero-order valence-electron chi connectivity index (χ0n) is 10.8. The SMILES string of the molecule is Oc1ccc2oc(Nc3ccc(Cl)c(C(F)(F)F)c3)nc2c1. The number of phenolic OH excluding ortho intramolecular Hbond substituents is 1. The second-order valence-electron chi connectivity index (χ2n) is 4.49. The van der Waals surface area contributed by atoms with Crippen LogP contribution in [0.15, 0.2) is 40.8 Å². The lowest BCUT2D eigenvalue weighted by Crippen LogP contribution is -2.06. The molecule has 2 N–H and O–H groups in total. The minimum absolute atomic E-state index is 0.0102. The molecule has 3 aromatic rings. The van der Waals surface area contributed by atoms with Gasteiger partial charge in [0.15, 0.2) is 5.58 Å². The van der Waals surface area contributed by atoms with E-state index in [-0.39, 0.29) is 22.5 Å². The molecular weight excluding hydrogens is 321 g/mol. The van der Waals surface area contributed by atoms with Gasteiger partial charge in [0.2, 0.25) is 0 Å². The number of hydrogen-bond acceptors (Lipinski definition) is 4. The number of rotatable bonds is 2. The molecule has 0 saturated carbocycles. The van der Waals surface area contributed by atoms with Crippen LogP contribution in [0, 0.1) is 0 Å². The molecule has 8 heteroatoms. The minimum Gasteiger partial charge on any atom is -0.508 e. The number of nitrogens with zero attached hydrogens (tertiary/aromatic N) is 1. The quantitative estimate of drug-likeness (QED) is 0.699. The van der Waals surface area contributed by atoms with E-state index in [9.17, 15) is 18.3 Å². The van der Waals surface area contributed by atoms with E-state index >= 15 is 0 Å². The summed E-state index contributed by atoms with van der Waals surface area (Å²) >= 11 is 5.55. The van der Waals surface area contributed by atoms with Crippen LogP contribution in [0.1, 0.15) is 5.56 Å². The predicted molar refractivity (Wildman–Crippen MR) is 75.4 cm³/mol. The van der Waals surface area contributed by atoms with Crippen molar-refractivity contribution in [2.75, 3.05) is 5.32 Å². The van der Waals surface area contributed by atoms with Crippen LogP contribution < -0.4 is 5.32 Å². The van der Waals surface area contributed by atoms with Gasteiger partial charge in [0.25, 0.3) is 6.01 Å². The number of hydrogen-bond donors (Lipinski definition) is 2. The molecule has 0 unspecified atom stereocenters. The smallest absolute Gasteiger partial charge is 0.417 e. The molecular formula is C14H8ClF3N2O2. The van der Waals surface area contributed by atoms with E-state index in [0.717, 1.165) is 12.1 Å². The third kappa shape index (κ3) is 2.80. The Morgan fingerprint density at radius 3 is 2.64 bits per heavy atom. The second-order valence-corrected chi connectivity index (χ2v) is 4.90. The second kappa shape index (κ2) is 5.10. The average molecular weight is 329 g/mol. The number of nitrogens with one attached hydrogen (secondary N) is 1. The highest BCUT2D eigenvalue weighted by molar-refractivity contribution is 6.31. The fraction of sp³-hybridized carbons (Fsp3) is 0.0714. The molecule has 0 amide bonds. The van der Waals surface area contributed by atoms with Gasteiger partial charge in [0, 0.05) is 11.8 Å². The number of aromatic hydroxyl groups is 1. The average Bonchev–Trinajstić information content (AvgIpc) is 2.81. The van der Waals surface area contributed by atoms with E-state index in [1.165, 1.54) is 24.3 Å². The van der Waals surface area contributed by atoms with E-state index in [4.69, 9.17) is 16.0 Å². The number of oxazole rings is 1. The molecule has 1 aromatic heterocycles. The van der Waals surface area contributed by atoms with Crippen LogP contribution >= 0.6 is 11.6 Å². The normalized spacial score (nSPS) is 11.8. The Balaban J connectivity index is 1.94. The summed E-state index contributed by atoms with van der Waals surface area (Å²) in [7, 11) is 0. The van der Waals surface area contributed by atoms with Crippen LogP contribution in [0.3, 0.4) is 0 Å². The maximum Gasteiger partial charge on any atom is 0.417 e. The Hall–Kier alpha value is -2.41. The Kier molecular flexibility index (Phi) is 3.37. The van der Waals surface area contributed by atoms with Crippen molar-refractivity contribution < 1.29 is 22.7 Å². The zero-order chi connectivity index (χ0) is 15.9. The summed E-state index contributed by atoms with van der Waals surface area (Å²) in [5.74, 6) is 0.0122. The molecule has 0 bridgehead atoms. The highest BCUT2D eigenvalue weighted by Gasteiger charge is 2.33. The predicted octanol–water partition coefficient (Wildman–Crippen LogP) is 4.95. The molecule has 0 aliphatic heterocycles. The summed E-state index contributed by atoms with van der Waals surface area (Å²) < 4.78 is 43.7. The number of halogens is 4. The van der Waals surface area contributed by atoms with Gasteiger partial charge in [-0.05, 0) is 30.3 Å². The fourth-order valence-electron chi connectivity index (χ4n) is 1.91. The van der Waals surface area contributed by atoms with Crippen molar-refractivity contribution >= 4 is 34.4 Å². The van der Waals surface area contributed by atoms with Crippen molar-refractivity contribution in [1.29, 1.82) is 0 Å². The molecule has 0 fully saturated rings. The Morgan fingerprint density at radius 2 is 1.91 bits per heavy atom. The fourth-order valence-corrected chi connectivity index (χ4v) is 2.14. The molecule has 2 aromatic carbocycles. The molecule has 0 radical (unpaired) electrons. The van der Waals surface area contributed by atoms with Crippen LogP contribution in [0.25, 0.3) is 11.1 Å². The Bertz CT molecular complexity index is 846. The van der Waals surface area contributed by atoms with Crippen LogP contribution in [0.2, 0.25) is 5.02 Å². The van der Waals surface area contributed by atoms with Crippen molar-refractivity contribution in [3.63, 3.8) is 0 Å². The lowest BCUT2D eigenvalue weighted by Gasteiger charge is -2.10. The van der Waals surface area contributed by atoms with Crippen molar-refractivity contribution in [2.45, 2.75) is 6.18 Å².